The van der Waals surface area contributed by atoms with Crippen LogP contribution in [0.25, 0.3) is 0 Å². The van der Waals surface area contributed by atoms with Crippen molar-refractivity contribution < 1.29 is 17.7 Å². The maximum Gasteiger partial charge on any atom is 0.391 e. The lowest BCUT2D eigenvalue weighted by atomic mass is 9.81. The molecule has 0 aliphatic heterocycles. The summed E-state index contributed by atoms with van der Waals surface area (Å²) in [6, 6.07) is 0. The first-order valence-electron chi connectivity index (χ1n) is 7.69. The third-order valence-electron chi connectivity index (χ3n) is 4.01. The molecule has 1 heterocycles. The van der Waals surface area contributed by atoms with E-state index in [1.807, 2.05) is 0 Å². The minimum absolute atomic E-state index is 0.00125. The van der Waals surface area contributed by atoms with Gasteiger partial charge in [0.1, 0.15) is 0 Å². The fourth-order valence-corrected chi connectivity index (χ4v) is 2.81. The molecule has 6 nitrogen and oxygen atoms in total. The van der Waals surface area contributed by atoms with Crippen LogP contribution in [0, 0.1) is 18.8 Å². The van der Waals surface area contributed by atoms with Crippen molar-refractivity contribution in [3.05, 3.63) is 11.7 Å². The van der Waals surface area contributed by atoms with Gasteiger partial charge in [0.25, 0.3) is 0 Å². The smallest absolute Gasteiger partial charge is 0.356 e. The van der Waals surface area contributed by atoms with Crippen LogP contribution in [0.5, 0.6) is 0 Å². The Kier molecular flexibility index (Phi) is 5.84. The van der Waals surface area contributed by atoms with Crippen LogP contribution in [0.1, 0.15) is 37.4 Å². The van der Waals surface area contributed by atoms with Crippen molar-refractivity contribution in [2.45, 2.75) is 45.3 Å². The number of aromatic nitrogens is 2. The minimum atomic E-state index is -4.09. The van der Waals surface area contributed by atoms with E-state index >= 15 is 0 Å². The summed E-state index contributed by atoms with van der Waals surface area (Å²) in [5, 5.41) is 9.84. The highest BCUT2D eigenvalue weighted by atomic mass is 19.4. The summed E-state index contributed by atoms with van der Waals surface area (Å²) >= 11 is 0. The number of rotatable bonds is 4. The van der Waals surface area contributed by atoms with Gasteiger partial charge in [0, 0.05) is 20.5 Å². The second-order valence-corrected chi connectivity index (χ2v) is 5.81. The Hall–Kier alpha value is -1.80. The Morgan fingerprint density at radius 1 is 1.35 bits per heavy atom. The van der Waals surface area contributed by atoms with Crippen LogP contribution in [0.15, 0.2) is 9.52 Å². The number of hydrogen-bond acceptors (Lipinski definition) is 4. The molecule has 0 saturated heterocycles. The van der Waals surface area contributed by atoms with Crippen molar-refractivity contribution in [1.29, 1.82) is 0 Å². The molecular formula is C14H22F3N5O. The molecule has 2 N–H and O–H groups in total. The second kappa shape index (κ2) is 7.65. The molecule has 1 aromatic heterocycles. The molecule has 2 atom stereocenters. The predicted molar refractivity (Wildman–Crippen MR) is 78.7 cm³/mol. The van der Waals surface area contributed by atoms with Gasteiger partial charge in [-0.05, 0) is 25.2 Å². The van der Waals surface area contributed by atoms with Gasteiger partial charge in [-0.25, -0.2) is 0 Å². The van der Waals surface area contributed by atoms with Crippen LogP contribution in [0.4, 0.5) is 13.2 Å². The van der Waals surface area contributed by atoms with Crippen molar-refractivity contribution in [3.63, 3.8) is 0 Å². The topological polar surface area (TPSA) is 75.3 Å². The van der Waals surface area contributed by atoms with E-state index in [2.05, 4.69) is 25.8 Å². The summed E-state index contributed by atoms with van der Waals surface area (Å²) < 4.78 is 43.3. The van der Waals surface area contributed by atoms with E-state index in [0.29, 0.717) is 37.2 Å². The van der Waals surface area contributed by atoms with Crippen molar-refractivity contribution in [3.8, 4) is 0 Å². The highest BCUT2D eigenvalue weighted by Crippen LogP contribution is 2.39. The Bertz CT molecular complexity index is 529. The Labute approximate surface area is 132 Å². The van der Waals surface area contributed by atoms with Crippen molar-refractivity contribution in [2.24, 2.45) is 16.8 Å². The number of alkyl halides is 3. The highest BCUT2D eigenvalue weighted by molar-refractivity contribution is 5.79. The highest BCUT2D eigenvalue weighted by Gasteiger charge is 2.41. The molecule has 0 bridgehead atoms. The molecule has 23 heavy (non-hydrogen) atoms. The van der Waals surface area contributed by atoms with E-state index in [-0.39, 0.29) is 18.8 Å². The fraction of sp³-hybridized carbons (Fsp3) is 0.786. The molecular weight excluding hydrogens is 311 g/mol. The summed E-state index contributed by atoms with van der Waals surface area (Å²) in [5.74, 6) is 0.314. The molecule has 0 aromatic carbocycles. The quantitative estimate of drug-likeness (QED) is 0.654. The molecule has 0 radical (unpaired) electrons. The zero-order valence-electron chi connectivity index (χ0n) is 13.3. The SMILES string of the molecule is CN=C(NCc1noc(C)n1)NCC1CCCC(C(F)(F)F)C1. The monoisotopic (exact) mass is 333 g/mol. The number of aliphatic imine (C=N–C) groups is 1. The zero-order chi connectivity index (χ0) is 16.9. The van der Waals surface area contributed by atoms with Gasteiger partial charge in [-0.15, -0.1) is 0 Å². The number of aryl methyl sites for hydroxylation is 1. The molecule has 1 aromatic rings. The third kappa shape index (κ3) is 5.40. The van der Waals surface area contributed by atoms with Gasteiger partial charge in [0.05, 0.1) is 12.5 Å². The van der Waals surface area contributed by atoms with E-state index in [9.17, 15) is 13.2 Å². The summed E-state index contributed by atoms with van der Waals surface area (Å²) in [6.07, 6.45) is -2.25. The molecule has 0 spiro atoms. The van der Waals surface area contributed by atoms with Crippen molar-refractivity contribution in [2.75, 3.05) is 13.6 Å². The second-order valence-electron chi connectivity index (χ2n) is 5.81. The first kappa shape index (κ1) is 17.6. The van der Waals surface area contributed by atoms with Crippen LogP contribution in [0.2, 0.25) is 0 Å². The van der Waals surface area contributed by atoms with Gasteiger partial charge in [-0.1, -0.05) is 11.6 Å². The molecule has 2 rings (SSSR count). The Balaban J connectivity index is 1.76. The lowest BCUT2D eigenvalue weighted by Gasteiger charge is -2.30. The first-order valence-corrected chi connectivity index (χ1v) is 7.69. The Morgan fingerprint density at radius 2 is 2.13 bits per heavy atom. The number of guanidine groups is 1. The van der Waals surface area contributed by atoms with Crippen LogP contribution in [-0.2, 0) is 6.54 Å². The van der Waals surface area contributed by atoms with Gasteiger partial charge in [0.2, 0.25) is 5.89 Å². The summed E-state index contributed by atoms with van der Waals surface area (Å²) in [7, 11) is 1.61. The lowest BCUT2D eigenvalue weighted by Crippen LogP contribution is -2.41. The average molecular weight is 333 g/mol. The standard InChI is InChI=1S/C14H22F3N5O/c1-9-21-12(22-23-9)8-20-13(18-2)19-7-10-4-3-5-11(6-10)14(15,16)17/h10-11H,3-8H2,1-2H3,(H2,18,19,20). The van der Waals surface area contributed by atoms with E-state index in [1.54, 1.807) is 14.0 Å². The number of halogens is 3. The minimum Gasteiger partial charge on any atom is -0.356 e. The van der Waals surface area contributed by atoms with E-state index in [4.69, 9.17) is 4.52 Å². The fourth-order valence-electron chi connectivity index (χ4n) is 2.81. The average Bonchev–Trinajstić information content (AvgIpc) is 2.92. The van der Waals surface area contributed by atoms with E-state index in [1.165, 1.54) is 0 Å². The first-order chi connectivity index (χ1) is 10.9. The van der Waals surface area contributed by atoms with Crippen LogP contribution < -0.4 is 10.6 Å². The van der Waals surface area contributed by atoms with Crippen LogP contribution >= 0.6 is 0 Å². The molecule has 1 aliphatic carbocycles. The normalized spacial score (nSPS) is 22.9. The molecule has 1 aliphatic rings. The number of nitrogens with zero attached hydrogens (tertiary/aromatic N) is 3. The summed E-state index contributed by atoms with van der Waals surface area (Å²) in [6.45, 7) is 2.51. The summed E-state index contributed by atoms with van der Waals surface area (Å²) in [4.78, 5) is 8.10. The van der Waals surface area contributed by atoms with Crippen molar-refractivity contribution in [1.82, 2.24) is 20.8 Å². The third-order valence-corrected chi connectivity index (χ3v) is 4.01. The Morgan fingerprint density at radius 3 is 2.74 bits per heavy atom. The van der Waals surface area contributed by atoms with Gasteiger partial charge in [-0.2, -0.15) is 18.2 Å². The lowest BCUT2D eigenvalue weighted by molar-refractivity contribution is -0.185. The maximum atomic E-state index is 12.8. The molecule has 9 heteroatoms. The van der Waals surface area contributed by atoms with Crippen molar-refractivity contribution >= 4 is 5.96 Å². The molecule has 1 fully saturated rings. The van der Waals surface area contributed by atoms with E-state index < -0.39 is 12.1 Å². The van der Waals surface area contributed by atoms with E-state index in [0.717, 1.165) is 6.42 Å². The van der Waals surface area contributed by atoms with Gasteiger partial charge in [0.15, 0.2) is 11.8 Å². The predicted octanol–water partition coefficient (Wildman–Crippen LogP) is 2.41. The van der Waals surface area contributed by atoms with Crippen LogP contribution in [0.3, 0.4) is 0 Å². The molecule has 130 valence electrons. The van der Waals surface area contributed by atoms with Crippen LogP contribution in [-0.4, -0.2) is 35.9 Å². The van der Waals surface area contributed by atoms with Gasteiger partial charge in [-0.3, -0.25) is 4.99 Å². The molecule has 0 amide bonds. The summed E-state index contributed by atoms with van der Waals surface area (Å²) in [5.41, 5.74) is 0. The maximum absolute atomic E-state index is 12.8. The number of hydrogen-bond donors (Lipinski definition) is 2. The largest absolute Gasteiger partial charge is 0.391 e. The van der Waals surface area contributed by atoms with Gasteiger partial charge >= 0.3 is 6.18 Å². The molecule has 2 unspecified atom stereocenters. The number of nitrogens with one attached hydrogen (secondary N) is 2. The van der Waals surface area contributed by atoms with Gasteiger partial charge < -0.3 is 15.2 Å². The molecule has 1 saturated carbocycles. The zero-order valence-corrected chi connectivity index (χ0v) is 13.3.